The van der Waals surface area contributed by atoms with Crippen LogP contribution in [0.1, 0.15) is 12.5 Å². The van der Waals surface area contributed by atoms with E-state index in [4.69, 9.17) is 14.7 Å². The number of hydrogen-bond donors (Lipinski definition) is 1. The van der Waals surface area contributed by atoms with E-state index in [9.17, 15) is 4.79 Å². The monoisotopic (exact) mass is 260 g/mol. The van der Waals surface area contributed by atoms with Gasteiger partial charge in [0.2, 0.25) is 5.91 Å². The van der Waals surface area contributed by atoms with E-state index < -0.39 is 5.41 Å². The molecule has 1 aromatic rings. The molecule has 0 bridgehead atoms. The number of hydrogen-bond acceptors (Lipinski definition) is 4. The molecule has 1 N–H and O–H groups in total. The van der Waals surface area contributed by atoms with Crippen LogP contribution < -0.4 is 10.1 Å². The SMILES string of the molecule is CCc1cc(NC(=O)C2(C#N)COC2)ccc1OC. The minimum absolute atomic E-state index is 0.159. The highest BCUT2D eigenvalue weighted by molar-refractivity contribution is 5.98. The number of aryl methyl sites for hydroxylation is 1. The summed E-state index contributed by atoms with van der Waals surface area (Å²) in [5.74, 6) is 0.482. The number of nitrogens with one attached hydrogen (secondary N) is 1. The Hall–Kier alpha value is -2.06. The van der Waals surface area contributed by atoms with Crippen LogP contribution in [0.15, 0.2) is 18.2 Å². The van der Waals surface area contributed by atoms with Gasteiger partial charge in [-0.1, -0.05) is 6.92 Å². The van der Waals surface area contributed by atoms with Gasteiger partial charge in [0.15, 0.2) is 5.41 Å². The number of methoxy groups -OCH3 is 1. The van der Waals surface area contributed by atoms with E-state index in [-0.39, 0.29) is 19.1 Å². The fourth-order valence-electron chi connectivity index (χ4n) is 1.94. The number of carbonyl (C=O) groups excluding carboxylic acids is 1. The Morgan fingerprint density at radius 2 is 2.32 bits per heavy atom. The van der Waals surface area contributed by atoms with Crippen molar-refractivity contribution in [3.63, 3.8) is 0 Å². The fraction of sp³-hybridized carbons (Fsp3) is 0.429. The molecule has 2 rings (SSSR count). The Morgan fingerprint density at radius 1 is 1.58 bits per heavy atom. The van der Waals surface area contributed by atoms with Crippen molar-refractivity contribution in [2.75, 3.05) is 25.6 Å². The molecule has 1 amide bonds. The van der Waals surface area contributed by atoms with Crippen molar-refractivity contribution < 1.29 is 14.3 Å². The molecule has 1 heterocycles. The number of amides is 1. The van der Waals surface area contributed by atoms with Crippen LogP contribution in [0.2, 0.25) is 0 Å². The van der Waals surface area contributed by atoms with E-state index in [1.807, 2.05) is 25.1 Å². The zero-order chi connectivity index (χ0) is 13.9. The molecule has 1 aliphatic rings. The average Bonchev–Trinajstić information content (AvgIpc) is 2.38. The maximum absolute atomic E-state index is 12.1. The normalized spacial score (nSPS) is 16.1. The van der Waals surface area contributed by atoms with Gasteiger partial charge in [-0.25, -0.2) is 0 Å². The van der Waals surface area contributed by atoms with E-state index in [1.165, 1.54) is 0 Å². The fourth-order valence-corrected chi connectivity index (χ4v) is 1.94. The lowest BCUT2D eigenvalue weighted by atomic mass is 9.87. The van der Waals surface area contributed by atoms with Crippen molar-refractivity contribution in [3.05, 3.63) is 23.8 Å². The summed E-state index contributed by atoms with van der Waals surface area (Å²) >= 11 is 0. The zero-order valence-corrected chi connectivity index (χ0v) is 11.0. The third-order valence-corrected chi connectivity index (χ3v) is 3.26. The third-order valence-electron chi connectivity index (χ3n) is 3.26. The van der Waals surface area contributed by atoms with Gasteiger partial charge in [0, 0.05) is 5.69 Å². The molecule has 5 heteroatoms. The molecule has 0 radical (unpaired) electrons. The molecule has 0 aromatic heterocycles. The van der Waals surface area contributed by atoms with Crippen LogP contribution in [-0.2, 0) is 16.0 Å². The van der Waals surface area contributed by atoms with Gasteiger partial charge in [-0.05, 0) is 30.2 Å². The predicted octanol–water partition coefficient (Wildman–Crippen LogP) is 1.74. The van der Waals surface area contributed by atoms with Gasteiger partial charge in [-0.3, -0.25) is 4.79 Å². The first kappa shape index (κ1) is 13.4. The van der Waals surface area contributed by atoms with Crippen LogP contribution >= 0.6 is 0 Å². The van der Waals surface area contributed by atoms with Crippen molar-refractivity contribution >= 4 is 11.6 Å². The number of carbonyl (C=O) groups is 1. The topological polar surface area (TPSA) is 71.4 Å². The highest BCUT2D eigenvalue weighted by Crippen LogP contribution is 2.29. The summed E-state index contributed by atoms with van der Waals surface area (Å²) in [6.07, 6.45) is 0.805. The van der Waals surface area contributed by atoms with Gasteiger partial charge in [0.05, 0.1) is 26.4 Å². The third kappa shape index (κ3) is 2.40. The van der Waals surface area contributed by atoms with E-state index in [1.54, 1.807) is 13.2 Å². The van der Waals surface area contributed by atoms with Crippen molar-refractivity contribution in [2.45, 2.75) is 13.3 Å². The molecule has 0 spiro atoms. The number of nitrogens with zero attached hydrogens (tertiary/aromatic N) is 1. The van der Waals surface area contributed by atoms with Crippen LogP contribution in [0.3, 0.4) is 0 Å². The molecular formula is C14H16N2O3. The molecule has 0 unspecified atom stereocenters. The summed E-state index contributed by atoms with van der Waals surface area (Å²) in [4.78, 5) is 12.1. The lowest BCUT2D eigenvalue weighted by Crippen LogP contribution is -2.50. The molecule has 19 heavy (non-hydrogen) atoms. The molecule has 5 nitrogen and oxygen atoms in total. The molecule has 1 aliphatic heterocycles. The minimum atomic E-state index is -1.04. The number of rotatable bonds is 4. The number of ether oxygens (including phenoxy) is 2. The molecule has 0 aliphatic carbocycles. The molecule has 1 aromatic carbocycles. The average molecular weight is 260 g/mol. The van der Waals surface area contributed by atoms with E-state index >= 15 is 0 Å². The number of benzene rings is 1. The van der Waals surface area contributed by atoms with Gasteiger partial charge in [-0.2, -0.15) is 5.26 Å². The predicted molar refractivity (Wildman–Crippen MR) is 69.9 cm³/mol. The van der Waals surface area contributed by atoms with Gasteiger partial charge >= 0.3 is 0 Å². The number of nitriles is 1. The van der Waals surface area contributed by atoms with E-state index in [2.05, 4.69) is 5.32 Å². The first-order valence-electron chi connectivity index (χ1n) is 6.12. The van der Waals surface area contributed by atoms with E-state index in [0.717, 1.165) is 17.7 Å². The van der Waals surface area contributed by atoms with Gasteiger partial charge in [0.1, 0.15) is 5.75 Å². The highest BCUT2D eigenvalue weighted by atomic mass is 16.5. The highest BCUT2D eigenvalue weighted by Gasteiger charge is 2.46. The van der Waals surface area contributed by atoms with Crippen LogP contribution in [0, 0.1) is 16.7 Å². The molecule has 1 fully saturated rings. The summed E-state index contributed by atoms with van der Waals surface area (Å²) in [6.45, 7) is 2.33. The zero-order valence-electron chi connectivity index (χ0n) is 11.0. The maximum Gasteiger partial charge on any atom is 0.249 e. The molecule has 0 saturated carbocycles. The van der Waals surface area contributed by atoms with Crippen LogP contribution in [-0.4, -0.2) is 26.2 Å². The van der Waals surface area contributed by atoms with Crippen molar-refractivity contribution in [1.82, 2.24) is 0 Å². The second kappa shape index (κ2) is 5.29. The summed E-state index contributed by atoms with van der Waals surface area (Å²) in [6, 6.07) is 7.46. The second-order valence-electron chi connectivity index (χ2n) is 4.52. The Morgan fingerprint density at radius 3 is 2.79 bits per heavy atom. The summed E-state index contributed by atoms with van der Waals surface area (Å²) < 4.78 is 10.2. The lowest BCUT2D eigenvalue weighted by molar-refractivity contribution is -0.144. The molecule has 1 saturated heterocycles. The maximum atomic E-state index is 12.1. The Labute approximate surface area is 112 Å². The van der Waals surface area contributed by atoms with Crippen LogP contribution in [0.25, 0.3) is 0 Å². The summed E-state index contributed by atoms with van der Waals surface area (Å²) in [5, 5.41) is 11.8. The Balaban J connectivity index is 2.16. The molecule has 0 atom stereocenters. The largest absolute Gasteiger partial charge is 0.496 e. The summed E-state index contributed by atoms with van der Waals surface area (Å²) in [7, 11) is 1.61. The van der Waals surface area contributed by atoms with Crippen molar-refractivity contribution in [3.8, 4) is 11.8 Å². The second-order valence-corrected chi connectivity index (χ2v) is 4.52. The van der Waals surface area contributed by atoms with Crippen molar-refractivity contribution in [1.29, 1.82) is 5.26 Å². The number of anilines is 1. The minimum Gasteiger partial charge on any atom is -0.496 e. The standard InChI is InChI=1S/C14H16N2O3/c1-3-10-6-11(4-5-12(10)18-2)16-13(17)14(7-15)8-19-9-14/h4-6H,3,8-9H2,1-2H3,(H,16,17). The smallest absolute Gasteiger partial charge is 0.249 e. The van der Waals surface area contributed by atoms with Crippen LogP contribution in [0.4, 0.5) is 5.69 Å². The Kier molecular flexibility index (Phi) is 3.72. The molecule has 100 valence electrons. The lowest BCUT2D eigenvalue weighted by Gasteiger charge is -2.33. The molecular weight excluding hydrogens is 244 g/mol. The van der Waals surface area contributed by atoms with Gasteiger partial charge in [-0.15, -0.1) is 0 Å². The first-order chi connectivity index (χ1) is 9.15. The summed E-state index contributed by atoms with van der Waals surface area (Å²) in [5.41, 5.74) is 0.645. The van der Waals surface area contributed by atoms with Crippen LogP contribution in [0.5, 0.6) is 5.75 Å². The van der Waals surface area contributed by atoms with Gasteiger partial charge < -0.3 is 14.8 Å². The van der Waals surface area contributed by atoms with Crippen molar-refractivity contribution in [2.24, 2.45) is 5.41 Å². The first-order valence-corrected chi connectivity index (χ1v) is 6.12. The quantitative estimate of drug-likeness (QED) is 0.895. The van der Waals surface area contributed by atoms with E-state index in [0.29, 0.717) is 5.69 Å². The Bertz CT molecular complexity index is 530. The van der Waals surface area contributed by atoms with Gasteiger partial charge in [0.25, 0.3) is 0 Å².